The normalized spacial score (nSPS) is 27.7. The zero-order valence-electron chi connectivity index (χ0n) is 14.4. The van der Waals surface area contributed by atoms with E-state index < -0.39 is 0 Å². The fourth-order valence-electron chi connectivity index (χ4n) is 3.47. The van der Waals surface area contributed by atoms with Crippen molar-refractivity contribution in [2.75, 3.05) is 46.5 Å². The largest absolute Gasteiger partial charge is 0.381 e. The van der Waals surface area contributed by atoms with Gasteiger partial charge in [0.05, 0.1) is 6.10 Å². The van der Waals surface area contributed by atoms with Crippen LogP contribution < -0.4 is 5.32 Å². The highest BCUT2D eigenvalue weighted by molar-refractivity contribution is 4.90. The molecule has 2 rings (SSSR count). The van der Waals surface area contributed by atoms with Gasteiger partial charge in [0.1, 0.15) is 0 Å². The highest BCUT2D eigenvalue weighted by Gasteiger charge is 2.36. The topological polar surface area (TPSA) is 33.7 Å². The molecule has 1 N–H and O–H groups in total. The molecular weight excluding hydrogens is 264 g/mol. The molecule has 0 aromatic rings. The molecule has 1 unspecified atom stereocenters. The second kappa shape index (κ2) is 7.40. The van der Waals surface area contributed by atoms with E-state index in [9.17, 15) is 0 Å². The van der Waals surface area contributed by atoms with Crippen LogP contribution in [-0.2, 0) is 9.47 Å². The van der Waals surface area contributed by atoms with Crippen LogP contribution in [0.5, 0.6) is 0 Å². The van der Waals surface area contributed by atoms with Crippen LogP contribution in [0.4, 0.5) is 0 Å². The fraction of sp³-hybridized carbons (Fsp3) is 1.00. The van der Waals surface area contributed by atoms with E-state index in [4.69, 9.17) is 9.47 Å². The fourth-order valence-corrected chi connectivity index (χ4v) is 3.47. The summed E-state index contributed by atoms with van der Waals surface area (Å²) in [5.74, 6) is 0. The summed E-state index contributed by atoms with van der Waals surface area (Å²) in [7, 11) is 1.85. The summed E-state index contributed by atoms with van der Waals surface area (Å²) in [5, 5.41) is 3.73. The molecular formula is C17H34N2O2. The van der Waals surface area contributed by atoms with Gasteiger partial charge in [0.2, 0.25) is 0 Å². The highest BCUT2D eigenvalue weighted by Crippen LogP contribution is 2.32. The van der Waals surface area contributed by atoms with Crippen molar-refractivity contribution in [3.8, 4) is 0 Å². The van der Waals surface area contributed by atoms with Gasteiger partial charge in [-0.3, -0.25) is 0 Å². The van der Waals surface area contributed by atoms with E-state index in [1.54, 1.807) is 0 Å². The van der Waals surface area contributed by atoms with Gasteiger partial charge in [0.25, 0.3) is 0 Å². The third-order valence-corrected chi connectivity index (χ3v) is 4.90. The Kier molecular flexibility index (Phi) is 6.06. The van der Waals surface area contributed by atoms with E-state index in [1.165, 1.54) is 38.8 Å². The lowest BCUT2D eigenvalue weighted by Crippen LogP contribution is -2.53. The molecule has 0 spiro atoms. The van der Waals surface area contributed by atoms with Crippen molar-refractivity contribution in [3.05, 3.63) is 0 Å². The predicted octanol–water partition coefficient (Wildman–Crippen LogP) is 2.28. The minimum Gasteiger partial charge on any atom is -0.381 e. The summed E-state index contributed by atoms with van der Waals surface area (Å²) in [4.78, 5) is 2.62. The van der Waals surface area contributed by atoms with Crippen LogP contribution in [0.15, 0.2) is 0 Å². The summed E-state index contributed by atoms with van der Waals surface area (Å²) in [6, 6.07) is 0. The second-order valence-corrected chi connectivity index (χ2v) is 7.95. The first-order chi connectivity index (χ1) is 9.92. The molecule has 4 nitrogen and oxygen atoms in total. The zero-order chi connectivity index (χ0) is 15.3. The predicted molar refractivity (Wildman–Crippen MR) is 86.7 cm³/mol. The Balaban J connectivity index is 1.95. The monoisotopic (exact) mass is 298 g/mol. The van der Waals surface area contributed by atoms with Crippen LogP contribution >= 0.6 is 0 Å². The quantitative estimate of drug-likeness (QED) is 0.844. The Labute approximate surface area is 130 Å². The number of ether oxygens (including phenoxy) is 2. The maximum absolute atomic E-state index is 5.62. The lowest BCUT2D eigenvalue weighted by Gasteiger charge is -2.44. The molecule has 2 saturated heterocycles. The average molecular weight is 298 g/mol. The molecule has 1 atom stereocenters. The standard InChI is InChI=1S/C17H34N2O2/c1-16(2,3)18-13-17(7-10-21-11-8-17)14-19-9-5-6-15(12-19)20-4/h15,18H,5-14H2,1-4H3. The summed E-state index contributed by atoms with van der Waals surface area (Å²) < 4.78 is 11.2. The van der Waals surface area contributed by atoms with E-state index in [-0.39, 0.29) is 5.54 Å². The van der Waals surface area contributed by atoms with Gasteiger partial charge in [0.15, 0.2) is 0 Å². The van der Waals surface area contributed by atoms with E-state index in [1.807, 2.05) is 7.11 Å². The Morgan fingerprint density at radius 1 is 1.29 bits per heavy atom. The van der Waals surface area contributed by atoms with Crippen LogP contribution in [0.2, 0.25) is 0 Å². The minimum absolute atomic E-state index is 0.183. The van der Waals surface area contributed by atoms with Crippen molar-refractivity contribution < 1.29 is 9.47 Å². The zero-order valence-corrected chi connectivity index (χ0v) is 14.4. The lowest BCUT2D eigenvalue weighted by molar-refractivity contribution is -0.0291. The third kappa shape index (κ3) is 5.51. The average Bonchev–Trinajstić information content (AvgIpc) is 2.46. The Morgan fingerprint density at radius 2 is 2.00 bits per heavy atom. The minimum atomic E-state index is 0.183. The molecule has 21 heavy (non-hydrogen) atoms. The highest BCUT2D eigenvalue weighted by atomic mass is 16.5. The van der Waals surface area contributed by atoms with Crippen LogP contribution in [0, 0.1) is 5.41 Å². The molecule has 0 amide bonds. The number of hydrogen-bond acceptors (Lipinski definition) is 4. The van der Waals surface area contributed by atoms with Gasteiger partial charge in [-0.1, -0.05) is 0 Å². The number of piperidine rings is 1. The molecule has 124 valence electrons. The molecule has 0 aromatic heterocycles. The van der Waals surface area contributed by atoms with E-state index >= 15 is 0 Å². The van der Waals surface area contributed by atoms with Crippen molar-refractivity contribution in [3.63, 3.8) is 0 Å². The molecule has 2 fully saturated rings. The lowest BCUT2D eigenvalue weighted by atomic mass is 9.78. The van der Waals surface area contributed by atoms with E-state index in [2.05, 4.69) is 31.0 Å². The number of methoxy groups -OCH3 is 1. The van der Waals surface area contributed by atoms with Crippen molar-refractivity contribution in [2.24, 2.45) is 5.41 Å². The van der Waals surface area contributed by atoms with Crippen molar-refractivity contribution in [1.82, 2.24) is 10.2 Å². The first-order valence-corrected chi connectivity index (χ1v) is 8.50. The van der Waals surface area contributed by atoms with Crippen LogP contribution in [0.3, 0.4) is 0 Å². The molecule has 0 bridgehead atoms. The number of likely N-dealkylation sites (tertiary alicyclic amines) is 1. The van der Waals surface area contributed by atoms with Gasteiger partial charge in [-0.2, -0.15) is 0 Å². The first kappa shape index (κ1) is 17.2. The van der Waals surface area contributed by atoms with Crippen LogP contribution in [-0.4, -0.2) is 63.0 Å². The molecule has 0 saturated carbocycles. The SMILES string of the molecule is COC1CCCN(CC2(CNC(C)(C)C)CCOCC2)C1. The van der Waals surface area contributed by atoms with Gasteiger partial charge >= 0.3 is 0 Å². The molecule has 0 radical (unpaired) electrons. The summed E-state index contributed by atoms with van der Waals surface area (Å²) in [5.41, 5.74) is 0.545. The number of nitrogens with one attached hydrogen (secondary N) is 1. The van der Waals surface area contributed by atoms with Crippen molar-refractivity contribution in [2.45, 2.75) is 58.1 Å². The maximum atomic E-state index is 5.62. The first-order valence-electron chi connectivity index (χ1n) is 8.50. The van der Waals surface area contributed by atoms with Crippen LogP contribution in [0.1, 0.15) is 46.5 Å². The number of rotatable bonds is 5. The van der Waals surface area contributed by atoms with Gasteiger partial charge in [0, 0.05) is 45.5 Å². The van der Waals surface area contributed by atoms with Gasteiger partial charge in [-0.05, 0) is 58.4 Å². The summed E-state index contributed by atoms with van der Waals surface area (Å²) in [6.07, 6.45) is 5.24. The van der Waals surface area contributed by atoms with E-state index in [0.29, 0.717) is 11.5 Å². The van der Waals surface area contributed by atoms with Gasteiger partial charge in [-0.15, -0.1) is 0 Å². The van der Waals surface area contributed by atoms with Gasteiger partial charge in [-0.25, -0.2) is 0 Å². The van der Waals surface area contributed by atoms with Gasteiger partial charge < -0.3 is 19.7 Å². The number of nitrogens with zero attached hydrogens (tertiary/aromatic N) is 1. The van der Waals surface area contributed by atoms with E-state index in [0.717, 1.165) is 26.3 Å². The molecule has 2 aliphatic heterocycles. The summed E-state index contributed by atoms with van der Waals surface area (Å²) >= 11 is 0. The van der Waals surface area contributed by atoms with Crippen LogP contribution in [0.25, 0.3) is 0 Å². The summed E-state index contributed by atoms with van der Waals surface area (Å²) in [6.45, 7) is 13.2. The van der Waals surface area contributed by atoms with Crippen molar-refractivity contribution in [1.29, 1.82) is 0 Å². The number of hydrogen-bond donors (Lipinski definition) is 1. The molecule has 0 aromatic carbocycles. The smallest absolute Gasteiger partial charge is 0.0698 e. The second-order valence-electron chi connectivity index (χ2n) is 7.95. The maximum Gasteiger partial charge on any atom is 0.0698 e. The third-order valence-electron chi connectivity index (χ3n) is 4.90. The Morgan fingerprint density at radius 3 is 2.62 bits per heavy atom. The Bertz CT molecular complexity index is 308. The molecule has 4 heteroatoms. The molecule has 2 heterocycles. The Hall–Kier alpha value is -0.160. The molecule has 0 aliphatic carbocycles. The molecule has 2 aliphatic rings. The van der Waals surface area contributed by atoms with Crippen molar-refractivity contribution >= 4 is 0 Å².